The Morgan fingerprint density at radius 2 is 1.84 bits per heavy atom. The second-order valence-corrected chi connectivity index (χ2v) is 6.24. The highest BCUT2D eigenvalue weighted by Crippen LogP contribution is 2.32. The summed E-state index contributed by atoms with van der Waals surface area (Å²) < 4.78 is 7.46. The third-order valence-corrected chi connectivity index (χ3v) is 4.42. The number of halogens is 2. The molecular weight excluding hydrogens is 359 g/mol. The number of hydrogen-bond acceptors (Lipinski definition) is 3. The minimum Gasteiger partial charge on any atom is -0.482 e. The highest BCUT2D eigenvalue weighted by molar-refractivity contribution is 6.37. The van der Waals surface area contributed by atoms with Crippen molar-refractivity contribution < 1.29 is 9.53 Å². The SMILES string of the molecule is N#CCCn1cc(C(=O)COc2c(Cl)cccc2Cl)c2ccccc21. The number of carbonyl (C=O) groups is 1. The van der Waals surface area contributed by atoms with Crippen molar-refractivity contribution in [3.8, 4) is 11.8 Å². The van der Waals surface area contributed by atoms with Gasteiger partial charge in [0.25, 0.3) is 0 Å². The topological polar surface area (TPSA) is 55.0 Å². The molecule has 0 radical (unpaired) electrons. The standard InChI is InChI=1S/C19H14Cl2N2O2/c20-15-6-3-7-16(21)19(15)25-12-18(24)14-11-23(10-4-9-22)17-8-2-1-5-13(14)17/h1-3,5-8,11H,4,10,12H2. The molecule has 3 aromatic rings. The lowest BCUT2D eigenvalue weighted by Crippen LogP contribution is -2.11. The number of hydrogen-bond donors (Lipinski definition) is 0. The van der Waals surface area contributed by atoms with Gasteiger partial charge < -0.3 is 9.30 Å². The second-order valence-electron chi connectivity index (χ2n) is 5.42. The van der Waals surface area contributed by atoms with Crippen molar-refractivity contribution in [2.45, 2.75) is 13.0 Å². The van der Waals surface area contributed by atoms with E-state index in [9.17, 15) is 4.79 Å². The van der Waals surface area contributed by atoms with Crippen LogP contribution in [0.2, 0.25) is 10.0 Å². The smallest absolute Gasteiger partial charge is 0.202 e. The third-order valence-electron chi connectivity index (χ3n) is 3.82. The van der Waals surface area contributed by atoms with Gasteiger partial charge in [-0.05, 0) is 18.2 Å². The largest absolute Gasteiger partial charge is 0.482 e. The van der Waals surface area contributed by atoms with Gasteiger partial charge in [-0.1, -0.05) is 47.5 Å². The zero-order chi connectivity index (χ0) is 17.8. The van der Waals surface area contributed by atoms with Crippen LogP contribution in [0, 0.1) is 11.3 Å². The number of carbonyl (C=O) groups excluding carboxylic acids is 1. The molecule has 4 nitrogen and oxygen atoms in total. The number of fused-ring (bicyclic) bond motifs is 1. The van der Waals surface area contributed by atoms with Crippen molar-refractivity contribution in [3.63, 3.8) is 0 Å². The molecule has 0 bridgehead atoms. The van der Waals surface area contributed by atoms with Crippen LogP contribution >= 0.6 is 23.2 Å². The van der Waals surface area contributed by atoms with E-state index in [0.717, 1.165) is 10.9 Å². The minimum absolute atomic E-state index is 0.171. The molecule has 0 aliphatic carbocycles. The van der Waals surface area contributed by atoms with E-state index in [4.69, 9.17) is 33.2 Å². The van der Waals surface area contributed by atoms with Gasteiger partial charge in [0.1, 0.15) is 0 Å². The number of nitrogens with zero attached hydrogens (tertiary/aromatic N) is 2. The lowest BCUT2D eigenvalue weighted by molar-refractivity contribution is 0.0923. The Hall–Kier alpha value is -2.48. The predicted octanol–water partition coefficient (Wildman–Crippen LogP) is 5.12. The average Bonchev–Trinajstić information content (AvgIpc) is 2.98. The summed E-state index contributed by atoms with van der Waals surface area (Å²) >= 11 is 12.1. The summed E-state index contributed by atoms with van der Waals surface area (Å²) in [6.07, 6.45) is 2.14. The first-order valence-corrected chi connectivity index (χ1v) is 8.42. The molecule has 0 N–H and O–H groups in total. The highest BCUT2D eigenvalue weighted by atomic mass is 35.5. The van der Waals surface area contributed by atoms with Crippen molar-refractivity contribution in [1.29, 1.82) is 5.26 Å². The lowest BCUT2D eigenvalue weighted by atomic mass is 10.1. The van der Waals surface area contributed by atoms with Gasteiger partial charge in [-0.25, -0.2) is 0 Å². The number of aryl methyl sites for hydroxylation is 1. The Balaban J connectivity index is 1.86. The average molecular weight is 373 g/mol. The van der Waals surface area contributed by atoms with Crippen LogP contribution in [0.25, 0.3) is 10.9 Å². The van der Waals surface area contributed by atoms with Crippen molar-refractivity contribution in [2.75, 3.05) is 6.61 Å². The molecule has 0 unspecified atom stereocenters. The summed E-state index contributed by atoms with van der Waals surface area (Å²) in [6, 6.07) is 14.7. The Morgan fingerprint density at radius 1 is 1.12 bits per heavy atom. The number of rotatable bonds is 6. The van der Waals surface area contributed by atoms with E-state index in [0.29, 0.717) is 34.3 Å². The summed E-state index contributed by atoms with van der Waals surface area (Å²) in [5.74, 6) is 0.121. The highest BCUT2D eigenvalue weighted by Gasteiger charge is 2.16. The van der Waals surface area contributed by atoms with Crippen LogP contribution in [-0.2, 0) is 6.54 Å². The fourth-order valence-corrected chi connectivity index (χ4v) is 3.17. The maximum absolute atomic E-state index is 12.7. The number of Topliss-reactive ketones (excluding diaryl/α,β-unsaturated/α-hetero) is 1. The molecule has 0 fully saturated rings. The second kappa shape index (κ2) is 7.60. The van der Waals surface area contributed by atoms with E-state index in [-0.39, 0.29) is 12.4 Å². The predicted molar refractivity (Wildman–Crippen MR) is 98.5 cm³/mol. The normalized spacial score (nSPS) is 10.6. The molecule has 0 aliphatic heterocycles. The fourth-order valence-electron chi connectivity index (χ4n) is 2.66. The Bertz CT molecular complexity index is 953. The molecular formula is C19H14Cl2N2O2. The molecule has 1 heterocycles. The van der Waals surface area contributed by atoms with Gasteiger partial charge >= 0.3 is 0 Å². The Kier molecular flexibility index (Phi) is 5.28. The van der Waals surface area contributed by atoms with E-state index >= 15 is 0 Å². The first-order chi connectivity index (χ1) is 12.1. The van der Waals surface area contributed by atoms with Crippen molar-refractivity contribution in [1.82, 2.24) is 4.57 Å². The molecule has 0 spiro atoms. The van der Waals surface area contributed by atoms with E-state index in [1.807, 2.05) is 28.8 Å². The van der Waals surface area contributed by atoms with Gasteiger partial charge in [-0.2, -0.15) is 5.26 Å². The third kappa shape index (κ3) is 3.63. The molecule has 126 valence electrons. The lowest BCUT2D eigenvalue weighted by Gasteiger charge is -2.08. The van der Waals surface area contributed by atoms with Crippen LogP contribution < -0.4 is 4.74 Å². The van der Waals surface area contributed by atoms with Gasteiger partial charge in [0.15, 0.2) is 12.4 Å². The van der Waals surface area contributed by atoms with Gasteiger partial charge in [0.05, 0.1) is 22.5 Å². The van der Waals surface area contributed by atoms with Crippen LogP contribution in [-0.4, -0.2) is 17.0 Å². The number of nitriles is 1. The summed E-state index contributed by atoms with van der Waals surface area (Å²) in [6.45, 7) is 0.358. The first-order valence-electron chi connectivity index (χ1n) is 7.66. The molecule has 0 atom stereocenters. The summed E-state index contributed by atoms with van der Waals surface area (Å²) in [4.78, 5) is 12.7. The van der Waals surface area contributed by atoms with Gasteiger partial charge in [0, 0.05) is 29.2 Å². The number of para-hydroxylation sites is 2. The molecule has 25 heavy (non-hydrogen) atoms. The molecule has 0 aliphatic rings. The summed E-state index contributed by atoms with van der Waals surface area (Å²) in [5, 5.41) is 10.4. The first kappa shape index (κ1) is 17.3. The van der Waals surface area contributed by atoms with E-state index in [1.54, 1.807) is 24.4 Å². The Labute approximate surface area is 155 Å². The van der Waals surface area contributed by atoms with E-state index in [2.05, 4.69) is 6.07 Å². The van der Waals surface area contributed by atoms with Crippen molar-refractivity contribution in [3.05, 3.63) is 64.3 Å². The Morgan fingerprint density at radius 3 is 2.56 bits per heavy atom. The van der Waals surface area contributed by atoms with E-state index < -0.39 is 0 Å². The summed E-state index contributed by atoms with van der Waals surface area (Å²) in [5.41, 5.74) is 1.47. The number of ketones is 1. The molecule has 6 heteroatoms. The van der Waals surface area contributed by atoms with Crippen LogP contribution in [0.1, 0.15) is 16.8 Å². The van der Waals surface area contributed by atoms with Gasteiger partial charge in [0.2, 0.25) is 5.78 Å². The zero-order valence-corrected chi connectivity index (χ0v) is 14.7. The summed E-state index contributed by atoms with van der Waals surface area (Å²) in [7, 11) is 0. The van der Waals surface area contributed by atoms with Crippen LogP contribution in [0.5, 0.6) is 5.75 Å². The number of aromatic nitrogens is 1. The molecule has 0 saturated heterocycles. The minimum atomic E-state index is -0.178. The molecule has 3 rings (SSSR count). The van der Waals surface area contributed by atoms with Gasteiger partial charge in [-0.3, -0.25) is 4.79 Å². The van der Waals surface area contributed by atoms with Crippen molar-refractivity contribution in [2.24, 2.45) is 0 Å². The quantitative estimate of drug-likeness (QED) is 0.564. The maximum Gasteiger partial charge on any atom is 0.202 e. The fraction of sp³-hybridized carbons (Fsp3) is 0.158. The molecule has 0 amide bonds. The zero-order valence-electron chi connectivity index (χ0n) is 13.2. The van der Waals surface area contributed by atoms with Crippen LogP contribution in [0.4, 0.5) is 0 Å². The van der Waals surface area contributed by atoms with Crippen LogP contribution in [0.15, 0.2) is 48.7 Å². The van der Waals surface area contributed by atoms with Crippen molar-refractivity contribution >= 4 is 39.9 Å². The maximum atomic E-state index is 12.7. The van der Waals surface area contributed by atoms with Crippen LogP contribution in [0.3, 0.4) is 0 Å². The van der Waals surface area contributed by atoms with Gasteiger partial charge in [-0.15, -0.1) is 0 Å². The molecule has 0 saturated carbocycles. The number of benzene rings is 2. The molecule has 1 aromatic heterocycles. The van der Waals surface area contributed by atoms with E-state index in [1.165, 1.54) is 0 Å². The monoisotopic (exact) mass is 372 g/mol. The number of ether oxygens (including phenoxy) is 1. The molecule has 2 aromatic carbocycles.